The molecule has 0 fully saturated rings. The van der Waals surface area contributed by atoms with Crippen LogP contribution in [0, 0.1) is 5.92 Å². The summed E-state index contributed by atoms with van der Waals surface area (Å²) < 4.78 is 28.2. The van der Waals surface area contributed by atoms with Crippen LogP contribution in [0.2, 0.25) is 0 Å². The average Bonchev–Trinajstić information content (AvgIpc) is 2.14. The summed E-state index contributed by atoms with van der Waals surface area (Å²) >= 11 is 0. The molecule has 1 atom stereocenters. The minimum Gasteiger partial charge on any atom is -0.385 e. The van der Waals surface area contributed by atoms with Gasteiger partial charge in [0.25, 0.3) is 0 Å². The Morgan fingerprint density at radius 2 is 1.93 bits per heavy atom. The first-order valence-electron chi connectivity index (χ1n) is 5.29. The van der Waals surface area contributed by atoms with Gasteiger partial charge in [-0.3, -0.25) is 0 Å². The van der Waals surface area contributed by atoms with Gasteiger partial charge >= 0.3 is 0 Å². The molecule has 0 saturated carbocycles. The van der Waals surface area contributed by atoms with Gasteiger partial charge in [0.2, 0.25) is 0 Å². The van der Waals surface area contributed by atoms with Crippen LogP contribution in [0.15, 0.2) is 0 Å². The van der Waals surface area contributed by atoms with Crippen LogP contribution >= 0.6 is 0 Å². The Hall–Kier alpha value is -0.130. The highest BCUT2D eigenvalue weighted by atomic mass is 32.2. The maximum atomic E-state index is 11.7. The molecule has 0 heterocycles. The predicted molar refractivity (Wildman–Crippen MR) is 62.8 cm³/mol. The molecule has 92 valence electrons. The lowest BCUT2D eigenvalue weighted by atomic mass is 10.1. The zero-order valence-corrected chi connectivity index (χ0v) is 10.9. The van der Waals surface area contributed by atoms with Crippen molar-refractivity contribution in [2.75, 3.05) is 32.3 Å². The third-order valence-electron chi connectivity index (χ3n) is 2.41. The number of ether oxygens (including phenoxy) is 1. The van der Waals surface area contributed by atoms with Crippen LogP contribution in [0.1, 0.15) is 20.3 Å². The molecule has 0 aromatic heterocycles. The quantitative estimate of drug-likeness (QED) is 0.631. The van der Waals surface area contributed by atoms with E-state index in [2.05, 4.69) is 5.32 Å². The first-order chi connectivity index (χ1) is 6.93. The smallest absolute Gasteiger partial charge is 0.151 e. The van der Waals surface area contributed by atoms with Gasteiger partial charge in [0, 0.05) is 19.8 Å². The third kappa shape index (κ3) is 6.87. The highest BCUT2D eigenvalue weighted by Crippen LogP contribution is 2.06. The zero-order chi connectivity index (χ0) is 11.9. The molecule has 0 aromatic carbocycles. The van der Waals surface area contributed by atoms with E-state index in [1.165, 1.54) is 0 Å². The van der Waals surface area contributed by atoms with Crippen molar-refractivity contribution in [3.63, 3.8) is 0 Å². The van der Waals surface area contributed by atoms with Crippen molar-refractivity contribution in [1.29, 1.82) is 0 Å². The first-order valence-corrected chi connectivity index (χ1v) is 7.11. The van der Waals surface area contributed by atoms with Crippen LogP contribution in [-0.2, 0) is 14.6 Å². The van der Waals surface area contributed by atoms with Crippen molar-refractivity contribution in [2.24, 2.45) is 5.92 Å². The number of rotatable bonds is 8. The molecule has 0 rings (SSSR count). The highest BCUT2D eigenvalue weighted by Gasteiger charge is 2.20. The van der Waals surface area contributed by atoms with Crippen LogP contribution < -0.4 is 5.32 Å². The summed E-state index contributed by atoms with van der Waals surface area (Å²) in [5, 5.41) is 3.04. The molecule has 15 heavy (non-hydrogen) atoms. The Bertz CT molecular complexity index is 249. The molecule has 0 aliphatic carbocycles. The van der Waals surface area contributed by atoms with Crippen LogP contribution in [0.25, 0.3) is 0 Å². The monoisotopic (exact) mass is 237 g/mol. The molecule has 0 amide bonds. The number of sulfone groups is 1. The van der Waals surface area contributed by atoms with Gasteiger partial charge in [0.15, 0.2) is 9.84 Å². The molecule has 0 saturated heterocycles. The van der Waals surface area contributed by atoms with Crippen LogP contribution in [0.4, 0.5) is 0 Å². The molecule has 5 heteroatoms. The standard InChI is InChI=1S/C10H23NO3S/c1-9(2)10(11-3)8-15(12,13)7-5-6-14-4/h9-11H,5-8H2,1-4H3. The van der Waals surface area contributed by atoms with Gasteiger partial charge < -0.3 is 10.1 Å². The van der Waals surface area contributed by atoms with E-state index in [0.29, 0.717) is 18.9 Å². The Balaban J connectivity index is 4.11. The van der Waals surface area contributed by atoms with Gasteiger partial charge in [0.05, 0.1) is 11.5 Å². The van der Waals surface area contributed by atoms with Gasteiger partial charge in [-0.1, -0.05) is 13.8 Å². The second kappa shape index (κ2) is 7.19. The minimum atomic E-state index is -2.95. The van der Waals surface area contributed by atoms with Gasteiger partial charge in [-0.2, -0.15) is 0 Å². The number of nitrogens with one attached hydrogen (secondary N) is 1. The molecule has 0 aliphatic heterocycles. The Morgan fingerprint density at radius 3 is 2.33 bits per heavy atom. The van der Waals surface area contributed by atoms with Crippen LogP contribution in [0.5, 0.6) is 0 Å². The van der Waals surface area contributed by atoms with Crippen molar-refractivity contribution >= 4 is 9.84 Å². The van der Waals surface area contributed by atoms with E-state index < -0.39 is 9.84 Å². The van der Waals surface area contributed by atoms with Crippen molar-refractivity contribution in [3.8, 4) is 0 Å². The average molecular weight is 237 g/mol. The summed E-state index contributed by atoms with van der Waals surface area (Å²) in [4.78, 5) is 0. The molecule has 0 radical (unpaired) electrons. The van der Waals surface area contributed by atoms with Crippen LogP contribution in [-0.4, -0.2) is 46.7 Å². The lowest BCUT2D eigenvalue weighted by molar-refractivity contribution is 0.199. The predicted octanol–water partition coefficient (Wildman–Crippen LogP) is 0.682. The van der Waals surface area contributed by atoms with Crippen molar-refractivity contribution in [2.45, 2.75) is 26.3 Å². The fraction of sp³-hybridized carbons (Fsp3) is 1.00. The summed E-state index contributed by atoms with van der Waals surface area (Å²) in [6.45, 7) is 4.54. The number of hydrogen-bond donors (Lipinski definition) is 1. The topological polar surface area (TPSA) is 55.4 Å². The summed E-state index contributed by atoms with van der Waals surface area (Å²) in [5.41, 5.74) is 0. The summed E-state index contributed by atoms with van der Waals surface area (Å²) in [6, 6.07) is 0.0394. The summed E-state index contributed by atoms with van der Waals surface area (Å²) in [7, 11) is 0.429. The van der Waals surface area contributed by atoms with E-state index >= 15 is 0 Å². The second-order valence-corrected chi connectivity index (χ2v) is 6.33. The molecule has 0 spiro atoms. The summed E-state index contributed by atoms with van der Waals surface area (Å²) in [6.07, 6.45) is 0.577. The van der Waals surface area contributed by atoms with Crippen molar-refractivity contribution in [3.05, 3.63) is 0 Å². The van der Waals surface area contributed by atoms with E-state index in [0.717, 1.165) is 0 Å². The molecule has 1 unspecified atom stereocenters. The lowest BCUT2D eigenvalue weighted by Gasteiger charge is -2.19. The SMILES string of the molecule is CNC(CS(=O)(=O)CCCOC)C(C)C. The molecule has 4 nitrogen and oxygen atoms in total. The van der Waals surface area contributed by atoms with E-state index in [-0.39, 0.29) is 17.5 Å². The molecule has 1 N–H and O–H groups in total. The van der Waals surface area contributed by atoms with Crippen molar-refractivity contribution < 1.29 is 13.2 Å². The fourth-order valence-corrected chi connectivity index (χ4v) is 3.21. The van der Waals surface area contributed by atoms with E-state index in [4.69, 9.17) is 4.74 Å². The van der Waals surface area contributed by atoms with Gasteiger partial charge in [-0.25, -0.2) is 8.42 Å². The van der Waals surface area contributed by atoms with E-state index in [1.807, 2.05) is 13.8 Å². The van der Waals surface area contributed by atoms with Gasteiger partial charge in [0.1, 0.15) is 0 Å². The maximum absolute atomic E-state index is 11.7. The fourth-order valence-electron chi connectivity index (χ4n) is 1.39. The second-order valence-electron chi connectivity index (χ2n) is 4.10. The Morgan fingerprint density at radius 1 is 1.33 bits per heavy atom. The van der Waals surface area contributed by atoms with Gasteiger partial charge in [-0.05, 0) is 19.4 Å². The van der Waals surface area contributed by atoms with E-state index in [9.17, 15) is 8.42 Å². The third-order valence-corrected chi connectivity index (χ3v) is 4.19. The number of methoxy groups -OCH3 is 1. The molecule has 0 bridgehead atoms. The van der Waals surface area contributed by atoms with E-state index in [1.54, 1.807) is 14.2 Å². The maximum Gasteiger partial charge on any atom is 0.151 e. The normalized spacial score (nSPS) is 14.5. The molecule has 0 aromatic rings. The number of hydrogen-bond acceptors (Lipinski definition) is 4. The first kappa shape index (κ1) is 14.9. The zero-order valence-electron chi connectivity index (χ0n) is 10.1. The Labute approximate surface area is 93.3 Å². The molecular weight excluding hydrogens is 214 g/mol. The molecule has 0 aliphatic rings. The highest BCUT2D eigenvalue weighted by molar-refractivity contribution is 7.91. The van der Waals surface area contributed by atoms with Crippen molar-refractivity contribution in [1.82, 2.24) is 5.32 Å². The molecular formula is C10H23NO3S. The Kier molecular flexibility index (Phi) is 7.13. The lowest BCUT2D eigenvalue weighted by Crippen LogP contribution is -2.38. The minimum absolute atomic E-state index is 0.0394. The summed E-state index contributed by atoms with van der Waals surface area (Å²) in [5.74, 6) is 0.753. The van der Waals surface area contributed by atoms with Gasteiger partial charge in [-0.15, -0.1) is 0 Å². The van der Waals surface area contributed by atoms with Crippen LogP contribution in [0.3, 0.4) is 0 Å². The largest absolute Gasteiger partial charge is 0.385 e.